The molecule has 1 amide bonds. The number of hydrogen-bond acceptors (Lipinski definition) is 7. The number of anilines is 1. The molecule has 2 aliphatic heterocycles. The van der Waals surface area contributed by atoms with Gasteiger partial charge in [-0.25, -0.2) is 13.4 Å². The number of primary amides is 1. The Kier molecular flexibility index (Phi) is 8.31. The summed E-state index contributed by atoms with van der Waals surface area (Å²) in [6.07, 6.45) is 6.94. The molecular formula is C24H35N5O3S. The molecular weight excluding hydrogens is 438 g/mol. The highest BCUT2D eigenvalue weighted by Gasteiger charge is 2.22. The van der Waals surface area contributed by atoms with E-state index in [1.807, 2.05) is 6.08 Å². The fourth-order valence-electron chi connectivity index (χ4n) is 4.27. The molecule has 2 aliphatic rings. The van der Waals surface area contributed by atoms with E-state index in [1.165, 1.54) is 30.5 Å². The number of nitrogens with one attached hydrogen (secondary N) is 2. The fourth-order valence-corrected chi connectivity index (χ4v) is 4.94. The van der Waals surface area contributed by atoms with Gasteiger partial charge in [-0.2, -0.15) is 0 Å². The highest BCUT2D eigenvalue weighted by Crippen LogP contribution is 2.26. The lowest BCUT2D eigenvalue weighted by Crippen LogP contribution is -2.32. The quantitative estimate of drug-likeness (QED) is 0.534. The molecule has 0 aliphatic carbocycles. The Morgan fingerprint density at radius 1 is 1.27 bits per heavy atom. The predicted molar refractivity (Wildman–Crippen MR) is 133 cm³/mol. The van der Waals surface area contributed by atoms with Crippen molar-refractivity contribution in [3.05, 3.63) is 47.3 Å². The molecule has 1 aromatic rings. The van der Waals surface area contributed by atoms with Crippen molar-refractivity contribution in [3.63, 3.8) is 0 Å². The van der Waals surface area contributed by atoms with Crippen LogP contribution in [-0.2, 0) is 14.6 Å². The van der Waals surface area contributed by atoms with Crippen LogP contribution < -0.4 is 16.4 Å². The van der Waals surface area contributed by atoms with E-state index in [0.29, 0.717) is 23.5 Å². The Labute approximate surface area is 196 Å². The second-order valence-electron chi connectivity index (χ2n) is 8.71. The van der Waals surface area contributed by atoms with E-state index in [9.17, 15) is 13.2 Å². The largest absolute Gasteiger partial charge is 0.369 e. The van der Waals surface area contributed by atoms with Crippen LogP contribution in [0.3, 0.4) is 0 Å². The molecule has 0 saturated carbocycles. The van der Waals surface area contributed by atoms with Crippen molar-refractivity contribution >= 4 is 27.3 Å². The van der Waals surface area contributed by atoms with E-state index in [0.717, 1.165) is 44.7 Å². The van der Waals surface area contributed by atoms with Gasteiger partial charge in [0, 0.05) is 25.0 Å². The van der Waals surface area contributed by atoms with Crippen molar-refractivity contribution in [1.29, 1.82) is 0 Å². The third-order valence-electron chi connectivity index (χ3n) is 6.14. The Balaban J connectivity index is 1.95. The summed E-state index contributed by atoms with van der Waals surface area (Å²) in [5.74, 6) is 0.689. The van der Waals surface area contributed by atoms with E-state index in [-0.39, 0.29) is 10.8 Å². The zero-order chi connectivity index (χ0) is 24.0. The summed E-state index contributed by atoms with van der Waals surface area (Å²) >= 11 is 0. The topological polar surface area (TPSA) is 117 Å². The lowest BCUT2D eigenvalue weighted by molar-refractivity contribution is -0.114. The molecule has 0 bridgehead atoms. The van der Waals surface area contributed by atoms with Gasteiger partial charge >= 0.3 is 0 Å². The van der Waals surface area contributed by atoms with E-state index in [1.54, 1.807) is 12.1 Å². The van der Waals surface area contributed by atoms with Crippen molar-refractivity contribution in [2.45, 2.75) is 44.4 Å². The summed E-state index contributed by atoms with van der Waals surface area (Å²) in [5, 5.41) is 6.64. The van der Waals surface area contributed by atoms with Gasteiger partial charge in [-0.15, -0.1) is 0 Å². The third kappa shape index (κ3) is 6.68. The van der Waals surface area contributed by atoms with E-state index >= 15 is 0 Å². The number of amides is 1. The summed E-state index contributed by atoms with van der Waals surface area (Å²) in [6.45, 7) is 8.16. The number of aliphatic imine (C=N–C) groups is 1. The number of amidine groups is 1. The molecule has 2 heterocycles. The summed E-state index contributed by atoms with van der Waals surface area (Å²) in [5.41, 5.74) is 7.70. The minimum atomic E-state index is -3.37. The SMILES string of the molecule is CC/C1=C(NCCN2CCCC2)/N=C(Nc2cccc(S(C)(=O)=O)c2)\C(C(N)=O)=C\CC1C. The van der Waals surface area contributed by atoms with Crippen LogP contribution in [0.5, 0.6) is 0 Å². The Bertz CT molecular complexity index is 1070. The molecule has 1 saturated heterocycles. The minimum Gasteiger partial charge on any atom is -0.369 e. The van der Waals surface area contributed by atoms with Crippen molar-refractivity contribution in [2.75, 3.05) is 37.8 Å². The highest BCUT2D eigenvalue weighted by molar-refractivity contribution is 7.90. The summed E-state index contributed by atoms with van der Waals surface area (Å²) < 4.78 is 24.0. The average Bonchev–Trinajstić information content (AvgIpc) is 3.26. The number of hydrogen-bond donors (Lipinski definition) is 3. The number of carbonyl (C=O) groups excluding carboxylic acids is 1. The van der Waals surface area contributed by atoms with Crippen molar-refractivity contribution < 1.29 is 13.2 Å². The summed E-state index contributed by atoms with van der Waals surface area (Å²) in [6, 6.07) is 6.46. The number of nitrogens with two attached hydrogens (primary N) is 1. The number of carbonyl (C=O) groups is 1. The zero-order valence-corrected chi connectivity index (χ0v) is 20.5. The minimum absolute atomic E-state index is 0.186. The lowest BCUT2D eigenvalue weighted by Gasteiger charge is -2.23. The molecule has 0 aromatic heterocycles. The number of rotatable bonds is 8. The molecule has 1 fully saturated rings. The van der Waals surface area contributed by atoms with Gasteiger partial charge in [0.2, 0.25) is 0 Å². The molecule has 180 valence electrons. The molecule has 9 heteroatoms. The second-order valence-corrected chi connectivity index (χ2v) is 10.7. The molecule has 0 radical (unpaired) electrons. The monoisotopic (exact) mass is 473 g/mol. The van der Waals surface area contributed by atoms with Gasteiger partial charge in [0.1, 0.15) is 11.7 Å². The number of allylic oxidation sites excluding steroid dienone is 2. The lowest BCUT2D eigenvalue weighted by atomic mass is 9.93. The van der Waals surface area contributed by atoms with Gasteiger partial charge in [0.15, 0.2) is 9.84 Å². The Morgan fingerprint density at radius 2 is 2.00 bits per heavy atom. The van der Waals surface area contributed by atoms with Gasteiger partial charge in [-0.05, 0) is 68.5 Å². The molecule has 8 nitrogen and oxygen atoms in total. The molecule has 1 atom stereocenters. The second kappa shape index (κ2) is 11.0. The van der Waals surface area contributed by atoms with Crippen molar-refractivity contribution in [1.82, 2.24) is 10.2 Å². The van der Waals surface area contributed by atoms with Crippen LogP contribution in [-0.4, -0.2) is 57.5 Å². The molecule has 3 rings (SSSR count). The first-order chi connectivity index (χ1) is 15.7. The molecule has 4 N–H and O–H groups in total. The highest BCUT2D eigenvalue weighted by atomic mass is 32.2. The maximum atomic E-state index is 12.3. The average molecular weight is 474 g/mol. The Morgan fingerprint density at radius 3 is 2.64 bits per heavy atom. The Hall–Kier alpha value is -2.65. The molecule has 33 heavy (non-hydrogen) atoms. The fraction of sp³-hybridized carbons (Fsp3) is 0.500. The zero-order valence-electron chi connectivity index (χ0n) is 19.7. The summed E-state index contributed by atoms with van der Waals surface area (Å²) in [7, 11) is -3.37. The molecule has 1 aromatic carbocycles. The van der Waals surface area contributed by atoms with Crippen molar-refractivity contribution in [3.8, 4) is 0 Å². The van der Waals surface area contributed by atoms with E-state index in [4.69, 9.17) is 10.7 Å². The number of nitrogens with zero attached hydrogens (tertiary/aromatic N) is 2. The third-order valence-corrected chi connectivity index (χ3v) is 7.25. The number of likely N-dealkylation sites (tertiary alicyclic amines) is 1. The van der Waals surface area contributed by atoms with E-state index in [2.05, 4.69) is 29.4 Å². The van der Waals surface area contributed by atoms with Gasteiger partial charge in [0.25, 0.3) is 5.91 Å². The molecule has 0 spiro atoms. The van der Waals surface area contributed by atoms with Crippen LogP contribution in [0.25, 0.3) is 0 Å². The molecule has 1 unspecified atom stereocenters. The van der Waals surface area contributed by atoms with Crippen LogP contribution in [0.4, 0.5) is 5.69 Å². The first-order valence-corrected chi connectivity index (χ1v) is 13.4. The van der Waals surface area contributed by atoms with Gasteiger partial charge in [0.05, 0.1) is 10.5 Å². The van der Waals surface area contributed by atoms with Crippen LogP contribution >= 0.6 is 0 Å². The normalized spacial score (nSPS) is 25.4. The van der Waals surface area contributed by atoms with Crippen molar-refractivity contribution in [2.24, 2.45) is 16.6 Å². The van der Waals surface area contributed by atoms with Crippen LogP contribution in [0.1, 0.15) is 39.5 Å². The first kappa shape index (κ1) is 25.0. The smallest absolute Gasteiger partial charge is 0.252 e. The van der Waals surface area contributed by atoms with Crippen LogP contribution in [0.15, 0.2) is 57.2 Å². The van der Waals surface area contributed by atoms with Gasteiger partial charge in [-0.3, -0.25) is 4.79 Å². The number of benzene rings is 1. The van der Waals surface area contributed by atoms with E-state index < -0.39 is 15.7 Å². The maximum Gasteiger partial charge on any atom is 0.252 e. The predicted octanol–water partition coefficient (Wildman–Crippen LogP) is 2.66. The maximum absolute atomic E-state index is 12.3. The first-order valence-electron chi connectivity index (χ1n) is 11.5. The van der Waals surface area contributed by atoms with Crippen LogP contribution in [0.2, 0.25) is 0 Å². The van der Waals surface area contributed by atoms with Gasteiger partial charge in [-0.1, -0.05) is 26.0 Å². The van der Waals surface area contributed by atoms with Crippen LogP contribution in [0, 0.1) is 5.92 Å². The summed E-state index contributed by atoms with van der Waals surface area (Å²) in [4.78, 5) is 19.7. The standard InChI is InChI=1S/C24H35N5O3S/c1-4-20-17(2)10-11-21(22(25)30)24(27-18-8-7-9-19(16-18)33(3,31)32)28-23(20)26-12-15-29-13-5-6-14-29/h7-9,11,16-17,26H,4-6,10,12-15H2,1-3H3,(H2,25,30)(H,27,28)/b21-11+,23-20-. The van der Waals surface area contributed by atoms with Gasteiger partial charge < -0.3 is 21.3 Å². The number of sulfone groups is 1.